The molecule has 0 aromatic heterocycles. The molecule has 0 unspecified atom stereocenters. The number of nitrogens with one attached hydrogen (secondary N) is 1. The lowest BCUT2D eigenvalue weighted by Crippen LogP contribution is -2.31. The van der Waals surface area contributed by atoms with Crippen molar-refractivity contribution in [1.82, 2.24) is 4.72 Å². The van der Waals surface area contributed by atoms with Gasteiger partial charge < -0.3 is 9.47 Å². The van der Waals surface area contributed by atoms with Crippen LogP contribution in [0.3, 0.4) is 0 Å². The maximum absolute atomic E-state index is 12.3. The average molecular weight is 370 g/mol. The van der Waals surface area contributed by atoms with Gasteiger partial charge in [0.25, 0.3) is 0 Å². The Balaban J connectivity index is 1.97. The molecule has 2 aromatic rings. The molecule has 0 heterocycles. The van der Waals surface area contributed by atoms with Gasteiger partial charge in [0, 0.05) is 5.02 Å². The van der Waals surface area contributed by atoms with Crippen LogP contribution in [0.1, 0.15) is 5.56 Å². The summed E-state index contributed by atoms with van der Waals surface area (Å²) in [4.78, 5) is 11.6. The van der Waals surface area contributed by atoms with Crippen LogP contribution < -0.4 is 9.46 Å². The molecule has 0 saturated heterocycles. The number of hydrogen-bond donors (Lipinski definition) is 1. The minimum atomic E-state index is -3.96. The number of carbonyl (C=O) groups is 1. The van der Waals surface area contributed by atoms with E-state index >= 15 is 0 Å². The van der Waals surface area contributed by atoms with E-state index in [1.165, 1.54) is 25.3 Å². The summed E-state index contributed by atoms with van der Waals surface area (Å²) in [5.74, 6) is -0.562. The third-order valence-corrected chi connectivity index (χ3v) is 4.72. The molecule has 0 saturated carbocycles. The lowest BCUT2D eigenvalue weighted by atomic mass is 10.2. The van der Waals surface area contributed by atoms with Crippen molar-refractivity contribution in [3.63, 3.8) is 0 Å². The molecular formula is C16H16ClNO5S. The zero-order valence-electron chi connectivity index (χ0n) is 12.9. The minimum Gasteiger partial charge on any atom is -0.495 e. The van der Waals surface area contributed by atoms with E-state index in [-0.39, 0.29) is 22.3 Å². The fourth-order valence-corrected chi connectivity index (χ4v) is 3.28. The number of rotatable bonds is 7. The van der Waals surface area contributed by atoms with Crippen LogP contribution in [0.15, 0.2) is 53.4 Å². The summed E-state index contributed by atoms with van der Waals surface area (Å²) in [6.07, 6.45) is 0. The highest BCUT2D eigenvalue weighted by Crippen LogP contribution is 2.26. The first-order chi connectivity index (χ1) is 11.4. The fourth-order valence-electron chi connectivity index (χ4n) is 1.88. The van der Waals surface area contributed by atoms with Gasteiger partial charge in [0.1, 0.15) is 23.8 Å². The van der Waals surface area contributed by atoms with Crippen LogP contribution in [0.2, 0.25) is 5.02 Å². The van der Waals surface area contributed by atoms with Crippen LogP contribution in [0, 0.1) is 0 Å². The van der Waals surface area contributed by atoms with E-state index in [1.807, 2.05) is 18.2 Å². The first-order valence-corrected chi connectivity index (χ1v) is 8.81. The van der Waals surface area contributed by atoms with Gasteiger partial charge in [-0.05, 0) is 23.8 Å². The van der Waals surface area contributed by atoms with Crippen molar-refractivity contribution in [2.45, 2.75) is 11.5 Å². The summed E-state index contributed by atoms with van der Waals surface area (Å²) in [7, 11) is -2.62. The zero-order chi connectivity index (χ0) is 17.6. The molecule has 128 valence electrons. The summed E-state index contributed by atoms with van der Waals surface area (Å²) >= 11 is 5.82. The number of methoxy groups -OCH3 is 1. The Hall–Kier alpha value is -2.09. The van der Waals surface area contributed by atoms with E-state index in [0.29, 0.717) is 0 Å². The van der Waals surface area contributed by atoms with Crippen LogP contribution in [0.5, 0.6) is 5.75 Å². The lowest BCUT2D eigenvalue weighted by Gasteiger charge is -2.11. The summed E-state index contributed by atoms with van der Waals surface area (Å²) in [5.41, 5.74) is 0.810. The fraction of sp³-hybridized carbons (Fsp3) is 0.188. The molecule has 8 heteroatoms. The number of halogens is 1. The second-order valence-corrected chi connectivity index (χ2v) is 6.94. The van der Waals surface area contributed by atoms with Crippen LogP contribution in [0.4, 0.5) is 0 Å². The second kappa shape index (κ2) is 8.14. The molecule has 0 fully saturated rings. The highest BCUT2D eigenvalue weighted by molar-refractivity contribution is 7.89. The largest absolute Gasteiger partial charge is 0.495 e. The van der Waals surface area contributed by atoms with Crippen molar-refractivity contribution in [3.05, 3.63) is 59.1 Å². The van der Waals surface area contributed by atoms with E-state index < -0.39 is 22.5 Å². The molecule has 0 spiro atoms. The molecule has 0 amide bonds. The molecule has 0 radical (unpaired) electrons. The van der Waals surface area contributed by atoms with Gasteiger partial charge in [-0.2, -0.15) is 4.72 Å². The predicted octanol–water partition coefficient (Wildman–Crippen LogP) is 2.37. The molecule has 24 heavy (non-hydrogen) atoms. The van der Waals surface area contributed by atoms with E-state index in [4.69, 9.17) is 21.1 Å². The van der Waals surface area contributed by atoms with Gasteiger partial charge in [0.05, 0.1) is 7.11 Å². The maximum atomic E-state index is 12.3. The van der Waals surface area contributed by atoms with Gasteiger partial charge in [-0.15, -0.1) is 0 Å². The zero-order valence-corrected chi connectivity index (χ0v) is 14.4. The Labute approximate surface area is 145 Å². The maximum Gasteiger partial charge on any atom is 0.321 e. The van der Waals surface area contributed by atoms with Gasteiger partial charge in [-0.1, -0.05) is 41.9 Å². The Morgan fingerprint density at radius 2 is 1.88 bits per heavy atom. The molecule has 2 aromatic carbocycles. The smallest absolute Gasteiger partial charge is 0.321 e. The topological polar surface area (TPSA) is 81.7 Å². The third kappa shape index (κ3) is 4.95. The monoisotopic (exact) mass is 369 g/mol. The number of benzene rings is 2. The first-order valence-electron chi connectivity index (χ1n) is 6.95. The van der Waals surface area contributed by atoms with Crippen LogP contribution in [0.25, 0.3) is 0 Å². The molecule has 0 atom stereocenters. The molecule has 6 nitrogen and oxygen atoms in total. The Kier molecular flexibility index (Phi) is 6.19. The van der Waals surface area contributed by atoms with Crippen molar-refractivity contribution in [3.8, 4) is 5.75 Å². The number of sulfonamides is 1. The standard InChI is InChI=1S/C16H16ClNO5S/c1-22-14-8-7-13(17)9-15(14)24(20,21)18-10-16(19)23-11-12-5-3-2-4-6-12/h2-9,18H,10-11H2,1H3. The number of ether oxygens (including phenoxy) is 2. The molecule has 1 N–H and O–H groups in total. The van der Waals surface area contributed by atoms with Crippen molar-refractivity contribution in [2.24, 2.45) is 0 Å². The number of hydrogen-bond acceptors (Lipinski definition) is 5. The molecule has 2 rings (SSSR count). The molecular weight excluding hydrogens is 354 g/mol. The highest BCUT2D eigenvalue weighted by atomic mass is 35.5. The molecule has 0 aliphatic rings. The van der Waals surface area contributed by atoms with Gasteiger partial charge in [-0.25, -0.2) is 8.42 Å². The van der Waals surface area contributed by atoms with Crippen LogP contribution >= 0.6 is 11.6 Å². The van der Waals surface area contributed by atoms with Crippen molar-refractivity contribution in [1.29, 1.82) is 0 Å². The van der Waals surface area contributed by atoms with Crippen molar-refractivity contribution in [2.75, 3.05) is 13.7 Å². The molecule has 0 aliphatic heterocycles. The van der Waals surface area contributed by atoms with Crippen molar-refractivity contribution >= 4 is 27.6 Å². The second-order valence-electron chi connectivity index (χ2n) is 4.77. The Morgan fingerprint density at radius 1 is 1.17 bits per heavy atom. The minimum absolute atomic E-state index is 0.0713. The average Bonchev–Trinajstić information content (AvgIpc) is 2.59. The quantitative estimate of drug-likeness (QED) is 0.758. The van der Waals surface area contributed by atoms with Crippen molar-refractivity contribution < 1.29 is 22.7 Å². The summed E-state index contributed by atoms with van der Waals surface area (Å²) in [6, 6.07) is 13.3. The third-order valence-electron chi connectivity index (χ3n) is 3.06. The SMILES string of the molecule is COc1ccc(Cl)cc1S(=O)(=O)NCC(=O)OCc1ccccc1. The van der Waals surface area contributed by atoms with Crippen LogP contribution in [-0.2, 0) is 26.2 Å². The Bertz CT molecular complexity index is 808. The van der Waals surface area contributed by atoms with E-state index in [1.54, 1.807) is 12.1 Å². The lowest BCUT2D eigenvalue weighted by molar-refractivity contribution is -0.143. The van der Waals surface area contributed by atoms with Gasteiger partial charge in [-0.3, -0.25) is 4.79 Å². The van der Waals surface area contributed by atoms with E-state index in [9.17, 15) is 13.2 Å². The summed E-state index contributed by atoms with van der Waals surface area (Å²) < 4.78 is 36.8. The summed E-state index contributed by atoms with van der Waals surface area (Å²) in [5, 5.41) is 0.239. The summed E-state index contributed by atoms with van der Waals surface area (Å²) in [6.45, 7) is -0.424. The number of esters is 1. The predicted molar refractivity (Wildman–Crippen MR) is 89.4 cm³/mol. The first kappa shape index (κ1) is 18.3. The van der Waals surface area contributed by atoms with Crippen LogP contribution in [-0.4, -0.2) is 28.0 Å². The van der Waals surface area contributed by atoms with Gasteiger partial charge in [0.2, 0.25) is 10.0 Å². The normalized spacial score (nSPS) is 11.1. The Morgan fingerprint density at radius 3 is 2.54 bits per heavy atom. The van der Waals surface area contributed by atoms with Gasteiger partial charge in [0.15, 0.2) is 0 Å². The highest BCUT2D eigenvalue weighted by Gasteiger charge is 2.21. The molecule has 0 aliphatic carbocycles. The number of carbonyl (C=O) groups excluding carboxylic acids is 1. The van der Waals surface area contributed by atoms with E-state index in [0.717, 1.165) is 5.56 Å². The van der Waals surface area contributed by atoms with Gasteiger partial charge >= 0.3 is 5.97 Å². The van der Waals surface area contributed by atoms with E-state index in [2.05, 4.69) is 4.72 Å². The molecule has 0 bridgehead atoms.